The van der Waals surface area contributed by atoms with E-state index in [1.165, 1.54) is 21.6 Å². The van der Waals surface area contributed by atoms with Gasteiger partial charge in [0.25, 0.3) is 0 Å². The van der Waals surface area contributed by atoms with Crippen LogP contribution in [0.25, 0.3) is 0 Å². The molecule has 2 aromatic rings. The highest BCUT2D eigenvalue weighted by Gasteiger charge is 2.08. The van der Waals surface area contributed by atoms with Crippen LogP contribution in [0.15, 0.2) is 60.7 Å². The lowest BCUT2D eigenvalue weighted by Crippen LogP contribution is -2.03. The molecule has 0 N–H and O–H groups in total. The first-order valence-corrected chi connectivity index (χ1v) is 8.67. The monoisotopic (exact) mass is 302 g/mol. The summed E-state index contributed by atoms with van der Waals surface area (Å²) in [4.78, 5) is 23.7. The van der Waals surface area contributed by atoms with Crippen molar-refractivity contribution in [3.63, 3.8) is 0 Å². The molecule has 0 aliphatic heterocycles. The molecule has 2 nitrogen and oxygen atoms in total. The lowest BCUT2D eigenvalue weighted by atomic mass is 10.2. The van der Waals surface area contributed by atoms with E-state index in [0.717, 1.165) is 11.1 Å². The van der Waals surface area contributed by atoms with E-state index in [-0.39, 0.29) is 11.6 Å². The molecule has 0 saturated carbocycles. The Balaban J connectivity index is 1.72. The summed E-state index contributed by atoms with van der Waals surface area (Å²) in [5, 5.41) is 0. The minimum Gasteiger partial charge on any atom is -0.293 e. The highest BCUT2D eigenvalue weighted by atomic mass is 33.1. The SMILES string of the molecule is O=C(CSSCC(=O)c1ccccc1)c1ccccc1. The minimum atomic E-state index is 0.0928. The number of carbonyl (C=O) groups is 2. The van der Waals surface area contributed by atoms with Crippen LogP contribution in [-0.4, -0.2) is 23.1 Å². The Kier molecular flexibility index (Phi) is 5.89. The molecule has 102 valence electrons. The zero-order valence-electron chi connectivity index (χ0n) is 10.8. The molecular formula is C16H14O2S2. The Labute approximate surface area is 126 Å². The Morgan fingerprint density at radius 1 is 0.650 bits per heavy atom. The number of hydrogen-bond acceptors (Lipinski definition) is 4. The van der Waals surface area contributed by atoms with Crippen molar-refractivity contribution in [1.82, 2.24) is 0 Å². The van der Waals surface area contributed by atoms with Crippen molar-refractivity contribution in [2.45, 2.75) is 0 Å². The van der Waals surface area contributed by atoms with Crippen LogP contribution >= 0.6 is 21.6 Å². The van der Waals surface area contributed by atoms with Crippen molar-refractivity contribution >= 4 is 33.2 Å². The fraction of sp³-hybridized carbons (Fsp3) is 0.125. The van der Waals surface area contributed by atoms with Crippen LogP contribution in [0, 0.1) is 0 Å². The lowest BCUT2D eigenvalue weighted by molar-refractivity contribution is 0.101. The van der Waals surface area contributed by atoms with E-state index in [9.17, 15) is 9.59 Å². The van der Waals surface area contributed by atoms with E-state index in [4.69, 9.17) is 0 Å². The highest BCUT2D eigenvalue weighted by Crippen LogP contribution is 2.23. The van der Waals surface area contributed by atoms with E-state index in [1.54, 1.807) is 0 Å². The van der Waals surface area contributed by atoms with Crippen molar-refractivity contribution in [2.75, 3.05) is 11.5 Å². The molecule has 0 aromatic heterocycles. The van der Waals surface area contributed by atoms with Crippen LogP contribution in [0.1, 0.15) is 20.7 Å². The van der Waals surface area contributed by atoms with Gasteiger partial charge in [-0.3, -0.25) is 9.59 Å². The quantitative estimate of drug-likeness (QED) is 0.437. The van der Waals surface area contributed by atoms with Gasteiger partial charge < -0.3 is 0 Å². The zero-order chi connectivity index (χ0) is 14.2. The number of ketones is 2. The Morgan fingerprint density at radius 3 is 1.35 bits per heavy atom. The smallest absolute Gasteiger partial charge is 0.173 e. The van der Waals surface area contributed by atoms with E-state index >= 15 is 0 Å². The number of benzene rings is 2. The summed E-state index contributed by atoms with van der Waals surface area (Å²) >= 11 is 0. The first-order chi connectivity index (χ1) is 9.77. The van der Waals surface area contributed by atoms with Gasteiger partial charge in [0.05, 0.1) is 11.5 Å². The van der Waals surface area contributed by atoms with Gasteiger partial charge in [0.15, 0.2) is 11.6 Å². The molecule has 0 fully saturated rings. The lowest BCUT2D eigenvalue weighted by Gasteiger charge is -2.01. The average molecular weight is 302 g/mol. The summed E-state index contributed by atoms with van der Waals surface area (Å²) in [6, 6.07) is 18.4. The van der Waals surface area contributed by atoms with Gasteiger partial charge in [0, 0.05) is 11.1 Å². The van der Waals surface area contributed by atoms with Gasteiger partial charge in [-0.15, -0.1) is 0 Å². The number of Topliss-reactive ketones (excluding diaryl/α,β-unsaturated/α-hetero) is 2. The van der Waals surface area contributed by atoms with Gasteiger partial charge in [-0.25, -0.2) is 0 Å². The van der Waals surface area contributed by atoms with Crippen molar-refractivity contribution in [2.24, 2.45) is 0 Å². The van der Waals surface area contributed by atoms with Crippen LogP contribution in [0.3, 0.4) is 0 Å². The van der Waals surface area contributed by atoms with Crippen molar-refractivity contribution in [3.8, 4) is 0 Å². The molecule has 0 heterocycles. The molecule has 20 heavy (non-hydrogen) atoms. The van der Waals surface area contributed by atoms with Gasteiger partial charge in [0.2, 0.25) is 0 Å². The molecule has 0 saturated heterocycles. The van der Waals surface area contributed by atoms with Gasteiger partial charge in [-0.05, 0) is 0 Å². The molecule has 2 rings (SSSR count). The molecule has 0 amide bonds. The standard InChI is InChI=1S/C16H14O2S2/c17-15(13-7-3-1-4-8-13)11-19-20-12-16(18)14-9-5-2-6-10-14/h1-10H,11-12H2. The molecule has 0 unspecified atom stereocenters. The first kappa shape index (κ1) is 14.9. The molecular weight excluding hydrogens is 288 g/mol. The van der Waals surface area contributed by atoms with Crippen LogP contribution < -0.4 is 0 Å². The Bertz CT molecular complexity index is 514. The van der Waals surface area contributed by atoms with Gasteiger partial charge in [-0.1, -0.05) is 82.3 Å². The van der Waals surface area contributed by atoms with Crippen molar-refractivity contribution in [3.05, 3.63) is 71.8 Å². The average Bonchev–Trinajstić information content (AvgIpc) is 2.53. The second-order valence-electron chi connectivity index (χ2n) is 4.10. The van der Waals surface area contributed by atoms with Crippen LogP contribution in [0.2, 0.25) is 0 Å². The second kappa shape index (κ2) is 7.92. The maximum atomic E-state index is 11.8. The third kappa shape index (κ3) is 4.54. The molecule has 2 aromatic carbocycles. The van der Waals surface area contributed by atoms with Gasteiger partial charge in [0.1, 0.15) is 0 Å². The van der Waals surface area contributed by atoms with E-state index in [2.05, 4.69) is 0 Å². The molecule has 0 radical (unpaired) electrons. The fourth-order valence-electron chi connectivity index (χ4n) is 1.61. The highest BCUT2D eigenvalue weighted by molar-refractivity contribution is 8.77. The Hall–Kier alpha value is -1.52. The zero-order valence-corrected chi connectivity index (χ0v) is 12.5. The maximum Gasteiger partial charge on any atom is 0.173 e. The second-order valence-corrected chi connectivity index (χ2v) is 6.57. The van der Waals surface area contributed by atoms with E-state index in [0.29, 0.717) is 11.5 Å². The third-order valence-electron chi connectivity index (χ3n) is 2.65. The topological polar surface area (TPSA) is 34.1 Å². The summed E-state index contributed by atoms with van der Waals surface area (Å²) in [5.74, 6) is 0.957. The maximum absolute atomic E-state index is 11.8. The Morgan fingerprint density at radius 2 is 1.00 bits per heavy atom. The summed E-state index contributed by atoms with van der Waals surface area (Å²) in [6.07, 6.45) is 0. The van der Waals surface area contributed by atoms with Crippen molar-refractivity contribution in [1.29, 1.82) is 0 Å². The summed E-state index contributed by atoms with van der Waals surface area (Å²) in [7, 11) is 2.85. The third-order valence-corrected chi connectivity index (χ3v) is 4.79. The molecule has 0 atom stereocenters. The summed E-state index contributed by atoms with van der Waals surface area (Å²) < 4.78 is 0. The normalized spacial score (nSPS) is 10.2. The van der Waals surface area contributed by atoms with Gasteiger partial charge in [-0.2, -0.15) is 0 Å². The van der Waals surface area contributed by atoms with Crippen LogP contribution in [-0.2, 0) is 0 Å². The predicted molar refractivity (Wildman–Crippen MR) is 86.5 cm³/mol. The van der Waals surface area contributed by atoms with Crippen LogP contribution in [0.5, 0.6) is 0 Å². The van der Waals surface area contributed by atoms with Crippen molar-refractivity contribution < 1.29 is 9.59 Å². The summed E-state index contributed by atoms with van der Waals surface area (Å²) in [6.45, 7) is 0. The minimum absolute atomic E-state index is 0.0928. The predicted octanol–water partition coefficient (Wildman–Crippen LogP) is 4.13. The fourth-order valence-corrected chi connectivity index (χ4v) is 3.46. The first-order valence-electron chi connectivity index (χ1n) is 6.18. The molecule has 0 aliphatic carbocycles. The van der Waals surface area contributed by atoms with E-state index < -0.39 is 0 Å². The number of hydrogen-bond donors (Lipinski definition) is 0. The number of rotatable bonds is 7. The molecule has 4 heteroatoms. The van der Waals surface area contributed by atoms with E-state index in [1.807, 2.05) is 60.7 Å². The van der Waals surface area contributed by atoms with Crippen LogP contribution in [0.4, 0.5) is 0 Å². The summed E-state index contributed by atoms with van der Waals surface area (Å²) in [5.41, 5.74) is 1.44. The largest absolute Gasteiger partial charge is 0.293 e. The molecule has 0 bridgehead atoms. The number of carbonyl (C=O) groups excluding carboxylic acids is 2. The molecule has 0 spiro atoms. The van der Waals surface area contributed by atoms with Gasteiger partial charge >= 0.3 is 0 Å². The molecule has 0 aliphatic rings.